The normalized spacial score (nSPS) is 22.4. The molecule has 16 nitrogen and oxygen atoms in total. The highest BCUT2D eigenvalue weighted by Crippen LogP contribution is 2.32. The van der Waals surface area contributed by atoms with E-state index < -0.39 is 42.4 Å². The lowest BCUT2D eigenvalue weighted by atomic mass is 10.1. The number of nitrogens with two attached hydrogens (primary N) is 3. The van der Waals surface area contributed by atoms with Crippen LogP contribution in [0.5, 0.6) is 0 Å². The average Bonchev–Trinajstić information content (AvgIpc) is 3.71. The van der Waals surface area contributed by atoms with E-state index in [2.05, 4.69) is 56.5 Å². The van der Waals surface area contributed by atoms with Gasteiger partial charge in [0.2, 0.25) is 0 Å². The van der Waals surface area contributed by atoms with Crippen molar-refractivity contribution in [3.63, 3.8) is 0 Å². The molecule has 6 unspecified atom stereocenters. The van der Waals surface area contributed by atoms with E-state index in [-0.39, 0.29) is 68.5 Å². The monoisotopic (exact) mass is 734 g/mol. The minimum absolute atomic E-state index is 0.0806. The summed E-state index contributed by atoms with van der Waals surface area (Å²) in [6, 6.07) is 0. The number of nitrogen functional groups attached to an aromatic ring is 2. The third kappa shape index (κ3) is 12.0. The minimum Gasteiger partial charge on any atom is -0.395 e. The van der Waals surface area contributed by atoms with Gasteiger partial charge in [0, 0.05) is 25.2 Å². The second-order valence-corrected chi connectivity index (χ2v) is 10.9. The first-order valence-corrected chi connectivity index (χ1v) is 15.9. The zero-order valence-corrected chi connectivity index (χ0v) is 28.3. The quantitative estimate of drug-likeness (QED) is 0.103. The van der Waals surface area contributed by atoms with Gasteiger partial charge in [0.25, 0.3) is 0 Å². The molecule has 282 valence electrons. The Morgan fingerprint density at radius 1 is 0.962 bits per heavy atom. The van der Waals surface area contributed by atoms with E-state index in [1.165, 1.54) is 10.8 Å². The molecule has 2 aliphatic rings. The van der Waals surface area contributed by atoms with Crippen molar-refractivity contribution in [1.29, 1.82) is 0 Å². The van der Waals surface area contributed by atoms with Crippen molar-refractivity contribution in [2.45, 2.75) is 69.4 Å². The fourth-order valence-electron chi connectivity index (χ4n) is 5.03. The fourth-order valence-corrected chi connectivity index (χ4v) is 5.03. The number of alkyl halides is 3. The second kappa shape index (κ2) is 20.1. The highest BCUT2D eigenvalue weighted by atomic mass is 19.4. The number of aliphatic hydroxyl groups is 1. The zero-order chi connectivity index (χ0) is 38.3. The highest BCUT2D eigenvalue weighted by Gasteiger charge is 2.38. The maximum absolute atomic E-state index is 12.2. The summed E-state index contributed by atoms with van der Waals surface area (Å²) in [7, 11) is 0. The molecular formula is C33H41F3N8O8. The van der Waals surface area contributed by atoms with Crippen LogP contribution in [0.2, 0.25) is 0 Å². The Balaban J connectivity index is 0.000000288. The number of halogens is 3. The molecule has 6 atom stereocenters. The molecule has 4 rings (SSSR count). The van der Waals surface area contributed by atoms with Crippen LogP contribution in [-0.4, -0.2) is 94.3 Å². The van der Waals surface area contributed by atoms with E-state index in [0.717, 1.165) is 11.0 Å². The highest BCUT2D eigenvalue weighted by molar-refractivity contribution is 5.50. The lowest BCUT2D eigenvalue weighted by molar-refractivity contribution is -0.280. The lowest BCUT2D eigenvalue weighted by Crippen LogP contribution is -2.29. The Morgan fingerprint density at radius 3 is 1.92 bits per heavy atom. The summed E-state index contributed by atoms with van der Waals surface area (Å²) >= 11 is 0. The molecule has 0 aromatic carbocycles. The van der Waals surface area contributed by atoms with Gasteiger partial charge in [0.1, 0.15) is 36.7 Å². The van der Waals surface area contributed by atoms with E-state index in [1.807, 2.05) is 6.92 Å². The van der Waals surface area contributed by atoms with E-state index in [0.29, 0.717) is 18.6 Å². The summed E-state index contributed by atoms with van der Waals surface area (Å²) < 4.78 is 64.2. The SMILES string of the molecule is C=CCOC1CC(n2cc(C#CCN)c(N)nc2=O)OC1CC.C=CCOC1CC(n2cc(C#CCN=COC(F)(F)F)c(N)nc2=O)OC1CO. The van der Waals surface area contributed by atoms with Gasteiger partial charge in [-0.15, -0.1) is 26.3 Å². The van der Waals surface area contributed by atoms with Gasteiger partial charge in [-0.25, -0.2) is 14.6 Å². The predicted octanol–water partition coefficient (Wildman–Crippen LogP) is 0.997. The van der Waals surface area contributed by atoms with Crippen molar-refractivity contribution in [3.8, 4) is 23.7 Å². The number of ether oxygens (including phenoxy) is 5. The van der Waals surface area contributed by atoms with Crippen LogP contribution in [0.1, 0.15) is 49.8 Å². The molecule has 0 saturated carbocycles. The summed E-state index contributed by atoms with van der Waals surface area (Å²) in [6.45, 7) is 9.50. The van der Waals surface area contributed by atoms with Gasteiger partial charge >= 0.3 is 17.7 Å². The molecule has 7 N–H and O–H groups in total. The first-order chi connectivity index (χ1) is 24.8. The van der Waals surface area contributed by atoms with Crippen molar-refractivity contribution in [2.75, 3.05) is 44.4 Å². The molecule has 0 bridgehead atoms. The molecule has 19 heteroatoms. The number of nitrogens with zero attached hydrogens (tertiary/aromatic N) is 5. The van der Waals surface area contributed by atoms with Crippen LogP contribution in [0.25, 0.3) is 0 Å². The largest absolute Gasteiger partial charge is 0.573 e. The van der Waals surface area contributed by atoms with Crippen LogP contribution >= 0.6 is 0 Å². The number of hydrogen-bond donors (Lipinski definition) is 4. The fraction of sp³-hybridized carbons (Fsp3) is 0.485. The molecule has 2 saturated heterocycles. The van der Waals surface area contributed by atoms with Crippen LogP contribution in [0.4, 0.5) is 24.8 Å². The Kier molecular flexibility index (Phi) is 16.0. The molecule has 0 radical (unpaired) electrons. The van der Waals surface area contributed by atoms with Gasteiger partial charge in [0.15, 0.2) is 6.40 Å². The van der Waals surface area contributed by atoms with Crippen molar-refractivity contribution in [2.24, 2.45) is 10.7 Å². The number of rotatable bonds is 12. The Labute approximate surface area is 297 Å². The van der Waals surface area contributed by atoms with E-state index >= 15 is 0 Å². The third-order valence-corrected chi connectivity index (χ3v) is 7.36. The van der Waals surface area contributed by atoms with Gasteiger partial charge in [-0.05, 0) is 6.42 Å². The van der Waals surface area contributed by atoms with Crippen molar-refractivity contribution in [1.82, 2.24) is 19.1 Å². The van der Waals surface area contributed by atoms with Crippen molar-refractivity contribution >= 4 is 18.0 Å². The molecular weight excluding hydrogens is 693 g/mol. The molecule has 2 aromatic heterocycles. The standard InChI is InChI=1S/C17H19F3N4O5.C16H22N4O3/c1-2-6-27-12-7-14(29-13(12)9-25)24-8-11(15(21)23-16(24)26)4-3-5-22-10-28-17(18,19)20;1-3-8-22-13-9-14(23-12(13)4-2)20-10-11(6-5-7-17)15(18)19-16(20)21/h2,8,10,12-14,25H,1,5-7,9H2,(H2,21,23,26);3,10,12-14H,1,4,7-9,17H2,2H3,(H2,18,19,21). The third-order valence-electron chi connectivity index (χ3n) is 7.36. The Morgan fingerprint density at radius 2 is 1.46 bits per heavy atom. The topological polar surface area (TPSA) is 227 Å². The van der Waals surface area contributed by atoms with Gasteiger partial charge in [0.05, 0.1) is 55.8 Å². The Bertz CT molecular complexity index is 1790. The first kappa shape index (κ1) is 41.4. The predicted molar refractivity (Wildman–Crippen MR) is 183 cm³/mol. The smallest absolute Gasteiger partial charge is 0.395 e. The van der Waals surface area contributed by atoms with E-state index in [9.17, 15) is 27.9 Å². The molecule has 0 amide bonds. The number of aliphatic imine (C=N–C) groups is 1. The van der Waals surface area contributed by atoms with Gasteiger partial charge in [-0.3, -0.25) is 9.13 Å². The summed E-state index contributed by atoms with van der Waals surface area (Å²) in [6.07, 6.45) is 0.697. The van der Waals surface area contributed by atoms with Crippen LogP contribution in [0.3, 0.4) is 0 Å². The molecule has 2 aliphatic heterocycles. The average molecular weight is 735 g/mol. The number of aromatic nitrogens is 4. The second-order valence-electron chi connectivity index (χ2n) is 10.9. The summed E-state index contributed by atoms with van der Waals surface area (Å²) in [5.74, 6) is 10.5. The van der Waals surface area contributed by atoms with Crippen LogP contribution in [0.15, 0.2) is 52.3 Å². The van der Waals surface area contributed by atoms with Crippen LogP contribution < -0.4 is 28.6 Å². The molecule has 0 aliphatic carbocycles. The van der Waals surface area contributed by atoms with E-state index in [1.54, 1.807) is 18.3 Å². The molecule has 2 fully saturated rings. The van der Waals surface area contributed by atoms with Gasteiger partial charge < -0.3 is 46.0 Å². The van der Waals surface area contributed by atoms with Gasteiger partial charge in [-0.1, -0.05) is 42.8 Å². The van der Waals surface area contributed by atoms with Crippen molar-refractivity contribution in [3.05, 3.63) is 69.8 Å². The lowest BCUT2D eigenvalue weighted by Gasteiger charge is -2.16. The molecule has 52 heavy (non-hydrogen) atoms. The minimum atomic E-state index is -4.82. The zero-order valence-electron chi connectivity index (χ0n) is 28.3. The number of aliphatic hydroxyl groups excluding tert-OH is 1. The van der Waals surface area contributed by atoms with Crippen molar-refractivity contribution < 1.29 is 42.0 Å². The van der Waals surface area contributed by atoms with Gasteiger partial charge in [-0.2, -0.15) is 9.97 Å². The summed E-state index contributed by atoms with van der Waals surface area (Å²) in [4.78, 5) is 35.1. The Hall–Kier alpha value is -5.02. The number of anilines is 2. The maximum atomic E-state index is 12.2. The molecule has 4 heterocycles. The number of hydrogen-bond acceptors (Lipinski definition) is 14. The maximum Gasteiger partial charge on any atom is 0.573 e. The van der Waals surface area contributed by atoms with E-state index in [4.69, 9.17) is 36.1 Å². The summed E-state index contributed by atoms with van der Waals surface area (Å²) in [5.41, 5.74) is 16.2. The van der Waals surface area contributed by atoms with Crippen LogP contribution in [0, 0.1) is 23.7 Å². The van der Waals surface area contributed by atoms with Crippen LogP contribution in [-0.2, 0) is 23.7 Å². The first-order valence-electron chi connectivity index (χ1n) is 15.9. The molecule has 0 spiro atoms. The molecule has 2 aromatic rings. The summed E-state index contributed by atoms with van der Waals surface area (Å²) in [5, 5.41) is 9.44.